The fraction of sp³-hybridized carbons (Fsp3) is 0.222. The minimum absolute atomic E-state index is 0.159. The molecule has 154 valence electrons. The Morgan fingerprint density at radius 3 is 2.87 bits per heavy atom. The van der Waals surface area contributed by atoms with Crippen LogP contribution < -0.4 is 0 Å². The number of imidazole rings is 1. The molecule has 1 atom stereocenters. The molecule has 4 heterocycles. The molecular formula is C18H11F4N5O2S. The Hall–Kier alpha value is -3.28. The van der Waals surface area contributed by atoms with Crippen molar-refractivity contribution in [3.63, 3.8) is 0 Å². The summed E-state index contributed by atoms with van der Waals surface area (Å²) in [5, 5.41) is 0.395. The fourth-order valence-corrected chi connectivity index (χ4v) is 4.54. The SMILES string of the molecule is O=C(c1cnc(C(F)(F)F)o1)N1CCc2[nH]cnc2[C@H]1c1nc2c(F)cccc2s1. The van der Waals surface area contributed by atoms with Gasteiger partial charge in [-0.3, -0.25) is 4.79 Å². The van der Waals surface area contributed by atoms with Crippen molar-refractivity contribution >= 4 is 27.5 Å². The molecule has 0 bridgehead atoms. The van der Waals surface area contributed by atoms with Gasteiger partial charge in [0.05, 0.1) is 22.9 Å². The number of fused-ring (bicyclic) bond motifs is 2. The monoisotopic (exact) mass is 437 g/mol. The normalized spacial score (nSPS) is 16.8. The smallest absolute Gasteiger partial charge is 0.428 e. The molecule has 0 saturated carbocycles. The highest BCUT2D eigenvalue weighted by molar-refractivity contribution is 7.18. The van der Waals surface area contributed by atoms with Crippen LogP contribution >= 0.6 is 11.3 Å². The van der Waals surface area contributed by atoms with Crippen molar-refractivity contribution < 1.29 is 26.8 Å². The number of nitrogens with one attached hydrogen (secondary N) is 1. The number of aromatic amines is 1. The second-order valence-corrected chi connectivity index (χ2v) is 7.65. The number of amides is 1. The van der Waals surface area contributed by atoms with E-state index in [4.69, 9.17) is 0 Å². The number of aromatic nitrogens is 4. The van der Waals surface area contributed by atoms with Gasteiger partial charge in [0.1, 0.15) is 22.4 Å². The summed E-state index contributed by atoms with van der Waals surface area (Å²) in [5.41, 5.74) is 1.44. The van der Waals surface area contributed by atoms with E-state index in [0.29, 0.717) is 21.8 Å². The van der Waals surface area contributed by atoms with Crippen LogP contribution in [0.15, 0.2) is 35.1 Å². The molecule has 1 amide bonds. The van der Waals surface area contributed by atoms with Crippen molar-refractivity contribution in [1.29, 1.82) is 0 Å². The highest BCUT2D eigenvalue weighted by Gasteiger charge is 2.41. The summed E-state index contributed by atoms with van der Waals surface area (Å²) < 4.78 is 57.9. The molecule has 5 rings (SSSR count). The standard InChI is InChI=1S/C18H11F4N5O2S/c19-8-2-1-3-11-12(8)26-15(30-11)14-13-9(24-7-25-13)4-5-27(14)16(28)10-6-23-17(29-10)18(20,21)22/h1-3,6-7,14H,4-5H2,(H,24,25)/t14-/m0/s1. The van der Waals surface area contributed by atoms with Gasteiger partial charge >= 0.3 is 12.1 Å². The average Bonchev–Trinajstić information content (AvgIpc) is 3.44. The molecule has 7 nitrogen and oxygen atoms in total. The lowest BCUT2D eigenvalue weighted by molar-refractivity contribution is -0.157. The molecule has 0 saturated heterocycles. The van der Waals surface area contributed by atoms with Crippen LogP contribution in [-0.4, -0.2) is 37.3 Å². The van der Waals surface area contributed by atoms with Crippen molar-refractivity contribution in [1.82, 2.24) is 24.8 Å². The molecule has 1 N–H and O–H groups in total. The zero-order chi connectivity index (χ0) is 21.0. The van der Waals surface area contributed by atoms with Crippen LogP contribution in [0.25, 0.3) is 10.2 Å². The number of carbonyl (C=O) groups is 1. The molecule has 30 heavy (non-hydrogen) atoms. The lowest BCUT2D eigenvalue weighted by atomic mass is 10.0. The van der Waals surface area contributed by atoms with Gasteiger partial charge in [-0.05, 0) is 12.1 Å². The largest absolute Gasteiger partial charge is 0.468 e. The van der Waals surface area contributed by atoms with E-state index >= 15 is 0 Å². The number of benzene rings is 1. The Balaban J connectivity index is 1.59. The van der Waals surface area contributed by atoms with Crippen LogP contribution in [-0.2, 0) is 12.6 Å². The van der Waals surface area contributed by atoms with Crippen LogP contribution in [0.4, 0.5) is 17.6 Å². The predicted octanol–water partition coefficient (Wildman–Crippen LogP) is 3.95. The maximum absolute atomic E-state index is 14.1. The second-order valence-electron chi connectivity index (χ2n) is 6.58. The van der Waals surface area contributed by atoms with E-state index in [-0.39, 0.29) is 12.1 Å². The van der Waals surface area contributed by atoms with Gasteiger partial charge in [0.25, 0.3) is 5.91 Å². The highest BCUT2D eigenvalue weighted by Crippen LogP contribution is 2.39. The maximum Gasteiger partial charge on any atom is 0.468 e. The van der Waals surface area contributed by atoms with Crippen LogP contribution in [0, 0.1) is 5.82 Å². The first kappa shape index (κ1) is 18.7. The third-order valence-electron chi connectivity index (χ3n) is 4.77. The van der Waals surface area contributed by atoms with Crippen molar-refractivity contribution in [3.8, 4) is 0 Å². The number of carbonyl (C=O) groups excluding carboxylic acids is 1. The number of thiazole rings is 1. The first-order valence-corrected chi connectivity index (χ1v) is 9.55. The topological polar surface area (TPSA) is 87.9 Å². The molecule has 0 aliphatic carbocycles. The van der Waals surface area contributed by atoms with Crippen molar-refractivity contribution in [2.24, 2.45) is 0 Å². The first-order valence-electron chi connectivity index (χ1n) is 8.74. The fourth-order valence-electron chi connectivity index (χ4n) is 3.44. The molecule has 3 aromatic heterocycles. The number of hydrogen-bond donors (Lipinski definition) is 1. The number of rotatable bonds is 2. The summed E-state index contributed by atoms with van der Waals surface area (Å²) >= 11 is 1.19. The quantitative estimate of drug-likeness (QED) is 0.480. The van der Waals surface area contributed by atoms with Crippen molar-refractivity contribution in [2.75, 3.05) is 6.54 Å². The number of alkyl halides is 3. The number of halogens is 4. The van der Waals surface area contributed by atoms with Gasteiger partial charge in [0, 0.05) is 18.7 Å². The van der Waals surface area contributed by atoms with Crippen molar-refractivity contribution in [3.05, 3.63) is 64.6 Å². The molecule has 1 aliphatic rings. The Kier molecular flexibility index (Phi) is 4.13. The molecule has 0 fully saturated rings. The Morgan fingerprint density at radius 1 is 1.30 bits per heavy atom. The second kappa shape index (κ2) is 6.62. The summed E-state index contributed by atoms with van der Waals surface area (Å²) in [6.07, 6.45) is -2.17. The molecule has 0 unspecified atom stereocenters. The third-order valence-corrected chi connectivity index (χ3v) is 5.84. The minimum atomic E-state index is -4.81. The zero-order valence-corrected chi connectivity index (χ0v) is 15.7. The van der Waals surface area contributed by atoms with Gasteiger partial charge in [-0.1, -0.05) is 6.07 Å². The van der Waals surface area contributed by atoms with E-state index in [1.54, 1.807) is 12.1 Å². The van der Waals surface area contributed by atoms with E-state index < -0.39 is 35.6 Å². The first-order chi connectivity index (χ1) is 14.3. The number of para-hydroxylation sites is 1. The van der Waals surface area contributed by atoms with Gasteiger partial charge < -0.3 is 14.3 Å². The van der Waals surface area contributed by atoms with E-state index in [2.05, 4.69) is 24.4 Å². The lowest BCUT2D eigenvalue weighted by Crippen LogP contribution is -2.40. The van der Waals surface area contributed by atoms with Crippen LogP contribution in [0.2, 0.25) is 0 Å². The molecule has 0 radical (unpaired) electrons. The molecule has 4 aromatic rings. The predicted molar refractivity (Wildman–Crippen MR) is 96.3 cm³/mol. The lowest BCUT2D eigenvalue weighted by Gasteiger charge is -2.33. The molecular weight excluding hydrogens is 426 g/mol. The van der Waals surface area contributed by atoms with E-state index in [1.165, 1.54) is 28.6 Å². The Labute approximate surface area is 169 Å². The summed E-state index contributed by atoms with van der Waals surface area (Å²) in [5.74, 6) is -3.33. The van der Waals surface area contributed by atoms with Crippen molar-refractivity contribution in [2.45, 2.75) is 18.6 Å². The summed E-state index contributed by atoms with van der Waals surface area (Å²) in [7, 11) is 0. The van der Waals surface area contributed by atoms with Crippen LogP contribution in [0.3, 0.4) is 0 Å². The minimum Gasteiger partial charge on any atom is -0.428 e. The van der Waals surface area contributed by atoms with Crippen LogP contribution in [0.5, 0.6) is 0 Å². The van der Waals surface area contributed by atoms with Crippen LogP contribution in [0.1, 0.15) is 38.9 Å². The summed E-state index contributed by atoms with van der Waals surface area (Å²) in [4.78, 5) is 29.1. The number of nitrogens with zero attached hydrogens (tertiary/aromatic N) is 4. The molecule has 0 spiro atoms. The van der Waals surface area contributed by atoms with Gasteiger partial charge in [-0.25, -0.2) is 19.3 Å². The Morgan fingerprint density at radius 2 is 2.13 bits per heavy atom. The third kappa shape index (κ3) is 2.95. The summed E-state index contributed by atoms with van der Waals surface area (Å²) in [6.45, 7) is 0.180. The number of hydrogen-bond acceptors (Lipinski definition) is 6. The van der Waals surface area contributed by atoms with E-state index in [0.717, 1.165) is 11.9 Å². The van der Waals surface area contributed by atoms with Gasteiger partial charge in [-0.2, -0.15) is 13.2 Å². The highest BCUT2D eigenvalue weighted by atomic mass is 32.1. The van der Waals surface area contributed by atoms with Gasteiger partial charge in [-0.15, -0.1) is 11.3 Å². The number of oxazole rings is 1. The van der Waals surface area contributed by atoms with Gasteiger partial charge in [0.2, 0.25) is 5.76 Å². The average molecular weight is 437 g/mol. The van der Waals surface area contributed by atoms with E-state index in [9.17, 15) is 22.4 Å². The summed E-state index contributed by atoms with van der Waals surface area (Å²) in [6, 6.07) is 3.73. The number of H-pyrrole nitrogens is 1. The molecule has 1 aromatic carbocycles. The van der Waals surface area contributed by atoms with Gasteiger partial charge in [0.15, 0.2) is 0 Å². The van der Waals surface area contributed by atoms with E-state index in [1.807, 2.05) is 0 Å². The zero-order valence-electron chi connectivity index (χ0n) is 14.9. The molecule has 1 aliphatic heterocycles. The molecule has 12 heteroatoms. The maximum atomic E-state index is 14.1. The Bertz CT molecular complexity index is 1260.